The van der Waals surface area contributed by atoms with E-state index in [1.165, 1.54) is 6.92 Å². The zero-order chi connectivity index (χ0) is 8.20. The summed E-state index contributed by atoms with van der Waals surface area (Å²) in [5.41, 5.74) is 1.98. The van der Waals surface area contributed by atoms with E-state index in [-0.39, 0.29) is 5.91 Å². The fourth-order valence-corrected chi connectivity index (χ4v) is 1.27. The first kappa shape index (κ1) is 9.43. The van der Waals surface area contributed by atoms with Crippen LogP contribution in [0.3, 0.4) is 0 Å². The lowest BCUT2D eigenvalue weighted by atomic mass is 10.7. The maximum atomic E-state index is 10.5. The van der Waals surface area contributed by atoms with Crippen LogP contribution in [0.25, 0.3) is 0 Å². The van der Waals surface area contributed by atoms with E-state index in [1.54, 1.807) is 0 Å². The second-order valence-corrected chi connectivity index (χ2v) is 7.84. The standard InChI is InChI=1S/C7H15NOSi/c1-5-10(3,4)6-8-7(2)9/h5H,1,6H2,2-4H3,(H,8,9). The molecule has 0 heterocycles. The second kappa shape index (κ2) is 3.56. The lowest BCUT2D eigenvalue weighted by Crippen LogP contribution is -2.39. The number of hydrogen-bond donors (Lipinski definition) is 1. The molecule has 0 radical (unpaired) electrons. The molecule has 0 saturated heterocycles. The Bertz CT molecular complexity index is 143. The Morgan fingerprint density at radius 3 is 2.50 bits per heavy atom. The van der Waals surface area contributed by atoms with Crippen LogP contribution in [0.4, 0.5) is 0 Å². The third-order valence-corrected chi connectivity index (χ3v) is 3.54. The predicted octanol–water partition coefficient (Wildman–Crippen LogP) is 1.10. The third-order valence-electron chi connectivity index (χ3n) is 1.35. The zero-order valence-corrected chi connectivity index (χ0v) is 7.90. The van der Waals surface area contributed by atoms with Gasteiger partial charge in [-0.3, -0.25) is 4.79 Å². The number of carbonyl (C=O) groups is 1. The van der Waals surface area contributed by atoms with Gasteiger partial charge in [-0.2, -0.15) is 0 Å². The average Bonchev–Trinajstić information content (AvgIpc) is 1.85. The Kier molecular flexibility index (Phi) is 3.36. The Labute approximate surface area is 63.3 Å². The van der Waals surface area contributed by atoms with E-state index in [4.69, 9.17) is 0 Å². The fraction of sp³-hybridized carbons (Fsp3) is 0.571. The maximum Gasteiger partial charge on any atom is 0.216 e. The van der Waals surface area contributed by atoms with Crippen LogP contribution in [0.15, 0.2) is 12.3 Å². The summed E-state index contributed by atoms with van der Waals surface area (Å²) in [6.45, 7) is 9.58. The van der Waals surface area contributed by atoms with Crippen molar-refractivity contribution in [3.05, 3.63) is 12.3 Å². The molecule has 0 spiro atoms. The van der Waals surface area contributed by atoms with Crippen molar-refractivity contribution < 1.29 is 4.79 Å². The third kappa shape index (κ3) is 4.32. The molecule has 0 aromatic heterocycles. The fourth-order valence-electron chi connectivity index (χ4n) is 0.424. The number of rotatable bonds is 3. The van der Waals surface area contributed by atoms with Gasteiger partial charge in [-0.15, -0.1) is 12.3 Å². The summed E-state index contributed by atoms with van der Waals surface area (Å²) >= 11 is 0. The van der Waals surface area contributed by atoms with Crippen molar-refractivity contribution in [1.29, 1.82) is 0 Å². The molecule has 1 amide bonds. The average molecular weight is 157 g/mol. The largest absolute Gasteiger partial charge is 0.359 e. The molecule has 0 unspecified atom stereocenters. The molecular weight excluding hydrogens is 142 g/mol. The molecule has 0 fully saturated rings. The molecule has 0 atom stereocenters. The monoisotopic (exact) mass is 157 g/mol. The summed E-state index contributed by atoms with van der Waals surface area (Å²) in [7, 11) is -1.31. The Hall–Kier alpha value is -0.573. The predicted molar refractivity (Wildman–Crippen MR) is 46.4 cm³/mol. The summed E-state index contributed by atoms with van der Waals surface area (Å²) in [6, 6.07) is 0. The van der Waals surface area contributed by atoms with Crippen molar-refractivity contribution >= 4 is 14.0 Å². The minimum atomic E-state index is -1.31. The Morgan fingerprint density at radius 1 is 1.70 bits per heavy atom. The lowest BCUT2D eigenvalue weighted by molar-refractivity contribution is -0.118. The number of amides is 1. The molecule has 1 N–H and O–H groups in total. The summed E-state index contributed by atoms with van der Waals surface area (Å²) in [5, 5.41) is 2.79. The van der Waals surface area contributed by atoms with Gasteiger partial charge < -0.3 is 5.32 Å². The van der Waals surface area contributed by atoms with E-state index in [0.717, 1.165) is 6.17 Å². The van der Waals surface area contributed by atoms with Crippen molar-refractivity contribution in [2.75, 3.05) is 6.17 Å². The van der Waals surface area contributed by atoms with Crippen molar-refractivity contribution in [1.82, 2.24) is 5.32 Å². The Balaban J connectivity index is 3.67. The van der Waals surface area contributed by atoms with Crippen LogP contribution in [0.2, 0.25) is 13.1 Å². The molecule has 0 aliphatic rings. The topological polar surface area (TPSA) is 29.1 Å². The van der Waals surface area contributed by atoms with Crippen molar-refractivity contribution in [3.63, 3.8) is 0 Å². The van der Waals surface area contributed by atoms with Gasteiger partial charge in [0, 0.05) is 13.1 Å². The van der Waals surface area contributed by atoms with E-state index < -0.39 is 8.07 Å². The lowest BCUT2D eigenvalue weighted by Gasteiger charge is -2.16. The number of carbonyl (C=O) groups excluding carboxylic acids is 1. The molecule has 0 aliphatic carbocycles. The highest BCUT2D eigenvalue weighted by molar-refractivity contribution is 6.82. The van der Waals surface area contributed by atoms with Crippen LogP contribution in [-0.4, -0.2) is 20.1 Å². The van der Waals surface area contributed by atoms with Gasteiger partial charge in [0.15, 0.2) is 0 Å². The molecule has 0 aromatic rings. The van der Waals surface area contributed by atoms with Crippen LogP contribution < -0.4 is 5.32 Å². The highest BCUT2D eigenvalue weighted by Gasteiger charge is 2.15. The molecule has 2 nitrogen and oxygen atoms in total. The van der Waals surface area contributed by atoms with Gasteiger partial charge in [-0.1, -0.05) is 13.1 Å². The zero-order valence-electron chi connectivity index (χ0n) is 6.90. The first-order valence-corrected chi connectivity index (χ1v) is 6.64. The molecule has 10 heavy (non-hydrogen) atoms. The molecule has 0 bridgehead atoms. The molecule has 0 aromatic carbocycles. The minimum absolute atomic E-state index is 0.0439. The SMILES string of the molecule is C=C[Si](C)(C)CNC(C)=O. The van der Waals surface area contributed by atoms with Gasteiger partial charge in [0.25, 0.3) is 0 Å². The maximum absolute atomic E-state index is 10.5. The minimum Gasteiger partial charge on any atom is -0.359 e. The Morgan fingerprint density at radius 2 is 2.20 bits per heavy atom. The van der Waals surface area contributed by atoms with E-state index in [1.807, 2.05) is 5.70 Å². The van der Waals surface area contributed by atoms with E-state index >= 15 is 0 Å². The van der Waals surface area contributed by atoms with Gasteiger partial charge in [0.05, 0.1) is 8.07 Å². The first-order chi connectivity index (χ1) is 4.48. The van der Waals surface area contributed by atoms with Crippen molar-refractivity contribution in [2.45, 2.75) is 20.0 Å². The number of hydrogen-bond acceptors (Lipinski definition) is 1. The highest BCUT2D eigenvalue weighted by atomic mass is 28.3. The van der Waals surface area contributed by atoms with Gasteiger partial charge in [0.2, 0.25) is 5.91 Å². The normalized spacial score (nSPS) is 10.7. The van der Waals surface area contributed by atoms with Gasteiger partial charge in [0.1, 0.15) is 0 Å². The van der Waals surface area contributed by atoms with Crippen LogP contribution >= 0.6 is 0 Å². The van der Waals surface area contributed by atoms with Crippen LogP contribution in [0.5, 0.6) is 0 Å². The molecule has 3 heteroatoms. The second-order valence-electron chi connectivity index (χ2n) is 3.10. The van der Waals surface area contributed by atoms with Gasteiger partial charge in [-0.05, 0) is 0 Å². The molecule has 0 saturated carbocycles. The summed E-state index contributed by atoms with van der Waals surface area (Å²) in [5.74, 6) is 0.0439. The smallest absolute Gasteiger partial charge is 0.216 e. The van der Waals surface area contributed by atoms with Crippen molar-refractivity contribution in [3.8, 4) is 0 Å². The first-order valence-electron chi connectivity index (χ1n) is 3.36. The summed E-state index contributed by atoms with van der Waals surface area (Å²) < 4.78 is 0. The molecular formula is C7H15NOSi. The van der Waals surface area contributed by atoms with Crippen LogP contribution in [0.1, 0.15) is 6.92 Å². The quantitative estimate of drug-likeness (QED) is 0.611. The molecule has 58 valence electrons. The molecule has 0 rings (SSSR count). The van der Waals surface area contributed by atoms with E-state index in [9.17, 15) is 4.79 Å². The van der Waals surface area contributed by atoms with Crippen molar-refractivity contribution in [2.24, 2.45) is 0 Å². The van der Waals surface area contributed by atoms with Crippen LogP contribution in [-0.2, 0) is 4.79 Å². The molecule has 0 aliphatic heterocycles. The van der Waals surface area contributed by atoms with E-state index in [2.05, 4.69) is 25.0 Å². The summed E-state index contributed by atoms with van der Waals surface area (Å²) in [4.78, 5) is 10.5. The van der Waals surface area contributed by atoms with Crippen LogP contribution in [0, 0.1) is 0 Å². The summed E-state index contributed by atoms with van der Waals surface area (Å²) in [6.07, 6.45) is 0.797. The number of nitrogens with one attached hydrogen (secondary N) is 1. The van der Waals surface area contributed by atoms with Gasteiger partial charge >= 0.3 is 0 Å². The van der Waals surface area contributed by atoms with E-state index in [0.29, 0.717) is 0 Å². The van der Waals surface area contributed by atoms with Gasteiger partial charge in [-0.25, -0.2) is 0 Å². The highest BCUT2D eigenvalue weighted by Crippen LogP contribution is 1.99.